The van der Waals surface area contributed by atoms with Crippen molar-refractivity contribution in [2.45, 2.75) is 17.2 Å². The molecule has 0 radical (unpaired) electrons. The summed E-state index contributed by atoms with van der Waals surface area (Å²) in [6.07, 6.45) is 2.10. The molecular weight excluding hydrogens is 487 g/mol. The Morgan fingerprint density at radius 1 is 1.03 bits per heavy atom. The van der Waals surface area contributed by atoms with Gasteiger partial charge in [0.25, 0.3) is 5.69 Å². The summed E-state index contributed by atoms with van der Waals surface area (Å²) >= 11 is 12.4. The van der Waals surface area contributed by atoms with Crippen LogP contribution in [0.25, 0.3) is 6.08 Å². The molecule has 10 heteroatoms. The number of halogens is 2. The third-order valence-electron chi connectivity index (χ3n) is 5.11. The van der Waals surface area contributed by atoms with E-state index in [4.69, 9.17) is 27.9 Å². The van der Waals surface area contributed by atoms with Crippen molar-refractivity contribution in [2.24, 2.45) is 0 Å². The van der Waals surface area contributed by atoms with Crippen LogP contribution in [0.2, 0.25) is 10.0 Å². The molecule has 1 saturated heterocycles. The van der Waals surface area contributed by atoms with E-state index in [2.05, 4.69) is 0 Å². The first-order valence-corrected chi connectivity index (χ1v) is 12.1. The van der Waals surface area contributed by atoms with Crippen LogP contribution in [-0.2, 0) is 14.8 Å². The molecule has 3 aromatic rings. The largest absolute Gasteiger partial charge is 0.349 e. The summed E-state index contributed by atoms with van der Waals surface area (Å²) in [6.45, 7) is 0.0340. The highest BCUT2D eigenvalue weighted by atomic mass is 35.5. The normalized spacial score (nSPS) is 19.2. The number of nitrogens with zero attached hydrogens (tertiary/aromatic N) is 2. The van der Waals surface area contributed by atoms with Crippen LogP contribution in [0, 0.1) is 10.1 Å². The van der Waals surface area contributed by atoms with Crippen molar-refractivity contribution >= 4 is 45.0 Å². The van der Waals surface area contributed by atoms with Gasteiger partial charge in [-0.15, -0.1) is 0 Å². The molecular formula is C23H18Cl2N2O5S. The number of hydrogen-bond donors (Lipinski definition) is 0. The van der Waals surface area contributed by atoms with Gasteiger partial charge in [0.15, 0.2) is 6.23 Å². The molecule has 1 aliphatic rings. The predicted octanol–water partition coefficient (Wildman–Crippen LogP) is 5.70. The molecule has 2 atom stereocenters. The average molecular weight is 505 g/mol. The Morgan fingerprint density at radius 2 is 1.73 bits per heavy atom. The van der Waals surface area contributed by atoms with Gasteiger partial charge in [-0.1, -0.05) is 71.8 Å². The lowest BCUT2D eigenvalue weighted by atomic mass is 10.2. The van der Waals surface area contributed by atoms with Crippen LogP contribution >= 0.6 is 23.2 Å². The highest BCUT2D eigenvalue weighted by Gasteiger charge is 2.42. The van der Waals surface area contributed by atoms with Gasteiger partial charge in [0.05, 0.1) is 15.9 Å². The lowest BCUT2D eigenvalue weighted by Crippen LogP contribution is -2.32. The SMILES string of the molecule is O=[N+]([O-])c1ccc(S(=O)(=O)N2C[C@H](/C=C/c3ccccc3)O[C@@H]2c2ccc(Cl)cc2Cl)cc1. The number of benzene rings is 3. The lowest BCUT2D eigenvalue weighted by molar-refractivity contribution is -0.384. The van der Waals surface area contributed by atoms with E-state index in [9.17, 15) is 18.5 Å². The molecule has 0 N–H and O–H groups in total. The Hall–Kier alpha value is -2.75. The van der Waals surface area contributed by atoms with E-state index >= 15 is 0 Å². The van der Waals surface area contributed by atoms with E-state index in [0.717, 1.165) is 17.7 Å². The monoisotopic (exact) mass is 504 g/mol. The highest BCUT2D eigenvalue weighted by Crippen LogP contribution is 2.39. The number of nitro benzene ring substituents is 1. The molecule has 7 nitrogen and oxygen atoms in total. The van der Waals surface area contributed by atoms with Crippen LogP contribution in [0.1, 0.15) is 17.4 Å². The van der Waals surface area contributed by atoms with E-state index in [0.29, 0.717) is 10.6 Å². The number of ether oxygens (including phenoxy) is 1. The first-order valence-electron chi connectivity index (χ1n) is 9.85. The third-order valence-corrected chi connectivity index (χ3v) is 7.50. The maximum atomic E-state index is 13.5. The Labute approximate surface area is 201 Å². The zero-order valence-corrected chi connectivity index (χ0v) is 19.4. The van der Waals surface area contributed by atoms with E-state index in [1.54, 1.807) is 18.2 Å². The molecule has 33 heavy (non-hydrogen) atoms. The topological polar surface area (TPSA) is 89.8 Å². The van der Waals surface area contributed by atoms with Gasteiger partial charge < -0.3 is 4.74 Å². The van der Waals surface area contributed by atoms with Crippen LogP contribution in [0.3, 0.4) is 0 Å². The van der Waals surface area contributed by atoms with Gasteiger partial charge in [0.1, 0.15) is 0 Å². The van der Waals surface area contributed by atoms with E-state index in [1.807, 2.05) is 36.4 Å². The zero-order valence-electron chi connectivity index (χ0n) is 17.0. The summed E-state index contributed by atoms with van der Waals surface area (Å²) in [7, 11) is -4.06. The lowest BCUT2D eigenvalue weighted by Gasteiger charge is -2.23. The van der Waals surface area contributed by atoms with Crippen molar-refractivity contribution in [1.29, 1.82) is 0 Å². The molecule has 0 unspecified atom stereocenters. The number of nitro groups is 1. The molecule has 170 valence electrons. The van der Waals surface area contributed by atoms with Crippen LogP contribution < -0.4 is 0 Å². The molecule has 4 rings (SSSR count). The number of hydrogen-bond acceptors (Lipinski definition) is 5. The molecule has 0 bridgehead atoms. The Kier molecular flexibility index (Phi) is 6.83. The Morgan fingerprint density at radius 3 is 2.36 bits per heavy atom. The summed E-state index contributed by atoms with van der Waals surface area (Å²) in [5.41, 5.74) is 1.19. The first-order chi connectivity index (χ1) is 15.8. The second-order valence-corrected chi connectivity index (χ2v) is 10.0. The third kappa shape index (κ3) is 5.10. The van der Waals surface area contributed by atoms with Gasteiger partial charge in [-0.3, -0.25) is 10.1 Å². The van der Waals surface area contributed by atoms with Crippen molar-refractivity contribution in [2.75, 3.05) is 6.54 Å². The number of non-ortho nitro benzene ring substituents is 1. The van der Waals surface area contributed by atoms with Crippen molar-refractivity contribution in [1.82, 2.24) is 4.31 Å². The van der Waals surface area contributed by atoms with Gasteiger partial charge in [-0.05, 0) is 29.8 Å². The predicted molar refractivity (Wildman–Crippen MR) is 127 cm³/mol. The summed E-state index contributed by atoms with van der Waals surface area (Å²) in [4.78, 5) is 10.3. The van der Waals surface area contributed by atoms with Gasteiger partial charge in [0.2, 0.25) is 10.0 Å². The number of rotatable bonds is 6. The molecule has 1 heterocycles. The molecule has 0 aliphatic carbocycles. The van der Waals surface area contributed by atoms with E-state index < -0.39 is 27.3 Å². The van der Waals surface area contributed by atoms with E-state index in [1.165, 1.54) is 22.5 Å². The quantitative estimate of drug-likeness (QED) is 0.317. The fraction of sp³-hybridized carbons (Fsp3) is 0.130. The summed E-state index contributed by atoms with van der Waals surface area (Å²) in [6, 6.07) is 19.0. The first kappa shape index (κ1) is 23.4. The standard InChI is InChI=1S/C23H18Cl2N2O5S/c24-17-7-13-21(22(25)14-17)23-26(15-19(32-23)10-6-16-4-2-1-3-5-16)33(30,31)20-11-8-18(9-12-20)27(28)29/h1-14,19,23H,15H2/b10-6+/t19-,23+/m0/s1. The molecule has 1 fully saturated rings. The summed E-state index contributed by atoms with van der Waals surface area (Å²) in [5, 5.41) is 11.6. The van der Waals surface area contributed by atoms with Crippen molar-refractivity contribution in [3.8, 4) is 0 Å². The minimum absolute atomic E-state index is 0.0340. The smallest absolute Gasteiger partial charge is 0.269 e. The molecule has 0 spiro atoms. The second kappa shape index (κ2) is 9.62. The van der Waals surface area contributed by atoms with Crippen LogP contribution in [0.5, 0.6) is 0 Å². The molecule has 1 aliphatic heterocycles. The Bertz CT molecular complexity index is 1300. The minimum atomic E-state index is -4.06. The Balaban J connectivity index is 1.70. The van der Waals surface area contributed by atoms with Crippen LogP contribution in [0.4, 0.5) is 5.69 Å². The number of sulfonamides is 1. The maximum absolute atomic E-state index is 13.5. The molecule has 0 saturated carbocycles. The van der Waals surface area contributed by atoms with Crippen LogP contribution in [-0.4, -0.2) is 30.3 Å². The second-order valence-electron chi connectivity index (χ2n) is 7.29. The van der Waals surface area contributed by atoms with Gasteiger partial charge in [-0.2, -0.15) is 4.31 Å². The molecule has 3 aromatic carbocycles. The van der Waals surface area contributed by atoms with Crippen LogP contribution in [0.15, 0.2) is 83.8 Å². The fourth-order valence-electron chi connectivity index (χ4n) is 3.47. The summed E-state index contributed by atoms with van der Waals surface area (Å²) in [5.74, 6) is 0. The van der Waals surface area contributed by atoms with Crippen molar-refractivity contribution in [3.63, 3.8) is 0 Å². The highest BCUT2D eigenvalue weighted by molar-refractivity contribution is 7.89. The minimum Gasteiger partial charge on any atom is -0.349 e. The maximum Gasteiger partial charge on any atom is 0.269 e. The van der Waals surface area contributed by atoms with Gasteiger partial charge in [0, 0.05) is 34.3 Å². The molecule has 0 amide bonds. The van der Waals surface area contributed by atoms with Crippen molar-refractivity contribution < 1.29 is 18.1 Å². The van der Waals surface area contributed by atoms with Gasteiger partial charge in [-0.25, -0.2) is 8.42 Å². The van der Waals surface area contributed by atoms with Crippen molar-refractivity contribution in [3.05, 3.63) is 110 Å². The van der Waals surface area contributed by atoms with E-state index in [-0.39, 0.29) is 22.2 Å². The summed E-state index contributed by atoms with van der Waals surface area (Å²) < 4.78 is 34.3. The van der Waals surface area contributed by atoms with Gasteiger partial charge >= 0.3 is 0 Å². The molecule has 0 aromatic heterocycles. The average Bonchev–Trinajstić information content (AvgIpc) is 3.23. The zero-order chi connectivity index (χ0) is 23.6. The fourth-order valence-corrected chi connectivity index (χ4v) is 5.48.